The van der Waals surface area contributed by atoms with Crippen molar-refractivity contribution in [3.05, 3.63) is 83.9 Å². The Morgan fingerprint density at radius 2 is 0.970 bits per heavy atom. The Hall–Kier alpha value is -3.14. The maximum absolute atomic E-state index is 9.85. The van der Waals surface area contributed by atoms with Crippen molar-refractivity contribution in [2.45, 2.75) is 37.8 Å². The molecule has 0 saturated heterocycles. The molecule has 5 heteroatoms. The monoisotopic (exact) mass is 485 g/mol. The first-order valence-electron chi connectivity index (χ1n) is 11.2. The molecular formula is C28H26CuN2O2. The Morgan fingerprint density at radius 1 is 0.576 bits per heavy atom. The zero-order valence-corrected chi connectivity index (χ0v) is 19.1. The van der Waals surface area contributed by atoms with Gasteiger partial charge in [0.15, 0.2) is 0 Å². The van der Waals surface area contributed by atoms with Gasteiger partial charge in [-0.3, -0.25) is 9.98 Å². The molecule has 4 aromatic rings. The van der Waals surface area contributed by atoms with E-state index >= 15 is 0 Å². The number of aliphatic imine (C=N–C) groups is 2. The van der Waals surface area contributed by atoms with Gasteiger partial charge in [-0.1, -0.05) is 60.7 Å². The fourth-order valence-corrected chi connectivity index (χ4v) is 3.65. The standard InChI is InChI=1S/2C14H13NO.Cu/c2*16-14-8-5-10-3-1-2-4-12(10)13(14)9-15-11-6-7-11;/h2*1-5,8-9,11,16H,6-7H2;. The minimum Gasteiger partial charge on any atom is -0.507 e. The minimum atomic E-state index is 0. The molecular weight excluding hydrogens is 460 g/mol. The van der Waals surface area contributed by atoms with E-state index in [-0.39, 0.29) is 17.1 Å². The molecule has 4 aromatic carbocycles. The summed E-state index contributed by atoms with van der Waals surface area (Å²) in [5.74, 6) is 0.617. The number of hydrogen-bond donors (Lipinski definition) is 2. The van der Waals surface area contributed by atoms with Crippen LogP contribution < -0.4 is 0 Å². The number of aromatic hydroxyl groups is 2. The van der Waals surface area contributed by atoms with E-state index in [4.69, 9.17) is 0 Å². The van der Waals surface area contributed by atoms with Gasteiger partial charge >= 0.3 is 0 Å². The topological polar surface area (TPSA) is 65.2 Å². The van der Waals surface area contributed by atoms with E-state index in [9.17, 15) is 10.2 Å². The quantitative estimate of drug-likeness (QED) is 0.265. The summed E-state index contributed by atoms with van der Waals surface area (Å²) >= 11 is 0. The van der Waals surface area contributed by atoms with Gasteiger partial charge < -0.3 is 10.2 Å². The molecule has 1 radical (unpaired) electrons. The van der Waals surface area contributed by atoms with Crippen LogP contribution in [-0.2, 0) is 17.1 Å². The molecule has 2 N–H and O–H groups in total. The molecule has 2 fully saturated rings. The minimum absolute atomic E-state index is 0. The van der Waals surface area contributed by atoms with Crippen LogP contribution in [-0.4, -0.2) is 34.7 Å². The first kappa shape index (κ1) is 23.0. The van der Waals surface area contributed by atoms with E-state index in [1.54, 1.807) is 12.1 Å². The fourth-order valence-electron chi connectivity index (χ4n) is 3.65. The van der Waals surface area contributed by atoms with Crippen LogP contribution in [0.5, 0.6) is 11.5 Å². The number of rotatable bonds is 4. The Morgan fingerprint density at radius 3 is 1.36 bits per heavy atom. The van der Waals surface area contributed by atoms with Crippen LogP contribution in [0.4, 0.5) is 0 Å². The van der Waals surface area contributed by atoms with Crippen LogP contribution >= 0.6 is 0 Å². The number of phenols is 2. The zero-order valence-electron chi connectivity index (χ0n) is 18.2. The maximum atomic E-state index is 9.85. The second-order valence-corrected chi connectivity index (χ2v) is 8.46. The van der Waals surface area contributed by atoms with Gasteiger partial charge in [0, 0.05) is 40.6 Å². The summed E-state index contributed by atoms with van der Waals surface area (Å²) in [6.07, 6.45) is 8.36. The second kappa shape index (κ2) is 10.2. The molecule has 6 rings (SSSR count). The average Bonchev–Trinajstić information content (AvgIpc) is 3.74. The molecule has 0 aromatic heterocycles. The smallest absolute Gasteiger partial charge is 0.124 e. The molecule has 0 aliphatic heterocycles. The Kier molecular flexibility index (Phi) is 7.12. The van der Waals surface area contributed by atoms with E-state index in [1.165, 1.54) is 25.7 Å². The average molecular weight is 486 g/mol. The largest absolute Gasteiger partial charge is 0.507 e. The third-order valence-corrected chi connectivity index (χ3v) is 5.82. The summed E-state index contributed by atoms with van der Waals surface area (Å²) in [6.45, 7) is 0. The first-order valence-corrected chi connectivity index (χ1v) is 11.2. The van der Waals surface area contributed by atoms with Crippen molar-refractivity contribution in [3.8, 4) is 11.5 Å². The number of phenolic OH excluding ortho intramolecular Hbond substituents is 2. The van der Waals surface area contributed by atoms with Crippen LogP contribution in [0.3, 0.4) is 0 Å². The Bertz CT molecular complexity index is 1220. The summed E-state index contributed by atoms with van der Waals surface area (Å²) < 4.78 is 0. The van der Waals surface area contributed by atoms with E-state index in [2.05, 4.69) is 9.98 Å². The van der Waals surface area contributed by atoms with Gasteiger partial charge in [0.05, 0.1) is 12.1 Å². The van der Waals surface area contributed by atoms with Crippen molar-refractivity contribution in [1.29, 1.82) is 0 Å². The van der Waals surface area contributed by atoms with Crippen molar-refractivity contribution in [1.82, 2.24) is 0 Å². The fraction of sp³-hybridized carbons (Fsp3) is 0.214. The maximum Gasteiger partial charge on any atom is 0.124 e. The van der Waals surface area contributed by atoms with Gasteiger partial charge in [0.2, 0.25) is 0 Å². The summed E-state index contributed by atoms with van der Waals surface area (Å²) in [4.78, 5) is 8.86. The van der Waals surface area contributed by atoms with Gasteiger partial charge in [-0.05, 0) is 59.4 Å². The van der Waals surface area contributed by atoms with Crippen molar-refractivity contribution in [2.24, 2.45) is 9.98 Å². The molecule has 2 aliphatic carbocycles. The Balaban J connectivity index is 0.000000152. The van der Waals surface area contributed by atoms with Crippen LogP contribution in [0.15, 0.2) is 82.8 Å². The van der Waals surface area contributed by atoms with Gasteiger partial charge in [-0.25, -0.2) is 0 Å². The van der Waals surface area contributed by atoms with Crippen molar-refractivity contribution in [3.63, 3.8) is 0 Å². The molecule has 4 nitrogen and oxygen atoms in total. The van der Waals surface area contributed by atoms with E-state index < -0.39 is 0 Å². The molecule has 0 spiro atoms. The van der Waals surface area contributed by atoms with Crippen LogP contribution in [0.25, 0.3) is 21.5 Å². The SMILES string of the molecule is Oc1ccc2ccccc2c1C=NC1CC1.Oc1ccc2ccccc2c1C=NC1CC1.[Cu]. The summed E-state index contributed by atoms with van der Waals surface area (Å²) in [7, 11) is 0. The summed E-state index contributed by atoms with van der Waals surface area (Å²) in [6, 6.07) is 24.4. The molecule has 33 heavy (non-hydrogen) atoms. The molecule has 0 heterocycles. The number of hydrogen-bond acceptors (Lipinski definition) is 4. The van der Waals surface area contributed by atoms with Crippen LogP contribution in [0.2, 0.25) is 0 Å². The van der Waals surface area contributed by atoms with Crippen LogP contribution in [0, 0.1) is 0 Å². The molecule has 2 aliphatic rings. The Labute approximate surface area is 204 Å². The number of nitrogens with zero attached hydrogens (tertiary/aromatic N) is 2. The van der Waals surface area contributed by atoms with Gasteiger partial charge in [-0.2, -0.15) is 0 Å². The molecule has 0 unspecified atom stereocenters. The third-order valence-electron chi connectivity index (χ3n) is 5.82. The van der Waals surface area contributed by atoms with Crippen LogP contribution in [0.1, 0.15) is 36.8 Å². The zero-order chi connectivity index (χ0) is 21.9. The molecule has 0 amide bonds. The van der Waals surface area contributed by atoms with Crippen molar-refractivity contribution >= 4 is 34.0 Å². The number of fused-ring (bicyclic) bond motifs is 2. The van der Waals surface area contributed by atoms with Crippen molar-refractivity contribution in [2.75, 3.05) is 0 Å². The predicted octanol–water partition coefficient (Wildman–Crippen LogP) is 6.25. The molecule has 171 valence electrons. The predicted molar refractivity (Wildman–Crippen MR) is 132 cm³/mol. The normalized spacial score (nSPS) is 15.5. The van der Waals surface area contributed by atoms with E-state index in [0.29, 0.717) is 23.6 Å². The van der Waals surface area contributed by atoms with E-state index in [0.717, 1.165) is 32.7 Å². The molecule has 2 saturated carbocycles. The van der Waals surface area contributed by atoms with Crippen molar-refractivity contribution < 1.29 is 27.3 Å². The summed E-state index contributed by atoms with van der Waals surface area (Å²) in [5, 5.41) is 24.1. The molecule has 0 bridgehead atoms. The third kappa shape index (κ3) is 5.62. The van der Waals surface area contributed by atoms with E-state index in [1.807, 2.05) is 73.1 Å². The first-order chi connectivity index (χ1) is 15.7. The second-order valence-electron chi connectivity index (χ2n) is 8.46. The molecule has 0 atom stereocenters. The summed E-state index contributed by atoms with van der Waals surface area (Å²) in [5.41, 5.74) is 1.68. The van der Waals surface area contributed by atoms with Gasteiger partial charge in [0.25, 0.3) is 0 Å². The van der Waals surface area contributed by atoms with Gasteiger partial charge in [-0.15, -0.1) is 0 Å². The van der Waals surface area contributed by atoms with Gasteiger partial charge in [0.1, 0.15) is 11.5 Å². The number of benzene rings is 4.